The first-order chi connectivity index (χ1) is 26.4. The van der Waals surface area contributed by atoms with Gasteiger partial charge in [0.2, 0.25) is 5.91 Å². The zero-order valence-electron chi connectivity index (χ0n) is 35.5. The molecule has 320 valence electrons. The first-order valence-electron chi connectivity index (χ1n) is 23.0. The van der Waals surface area contributed by atoms with E-state index >= 15 is 0 Å². The molecule has 3 atom stereocenters. The molecule has 8 nitrogen and oxygen atoms in total. The molecule has 0 aliphatic carbocycles. The molecule has 0 aliphatic rings. The molecular formula is C45H89N2O6P. The molecule has 0 fully saturated rings. The second-order valence-electron chi connectivity index (χ2n) is 15.6. The van der Waals surface area contributed by atoms with Crippen molar-refractivity contribution in [2.45, 2.75) is 238 Å². The van der Waals surface area contributed by atoms with Gasteiger partial charge in [-0.2, -0.15) is 0 Å². The van der Waals surface area contributed by atoms with Crippen LogP contribution in [0.4, 0.5) is 0 Å². The smallest absolute Gasteiger partial charge is 0.387 e. The van der Waals surface area contributed by atoms with E-state index in [0.29, 0.717) is 6.42 Å². The minimum absolute atomic E-state index is 0.0758. The molecule has 0 heterocycles. The number of hydrogen-bond acceptors (Lipinski definition) is 6. The van der Waals surface area contributed by atoms with E-state index in [4.69, 9.17) is 14.8 Å². The Morgan fingerprint density at radius 1 is 0.593 bits per heavy atom. The third-order valence-corrected chi connectivity index (χ3v) is 11.3. The third kappa shape index (κ3) is 39.2. The van der Waals surface area contributed by atoms with Gasteiger partial charge >= 0.3 is 7.82 Å². The number of aliphatic hydroxyl groups is 1. The van der Waals surface area contributed by atoms with Gasteiger partial charge < -0.3 is 21.1 Å². The summed E-state index contributed by atoms with van der Waals surface area (Å²) in [5.41, 5.74) is 5.37. The van der Waals surface area contributed by atoms with Crippen molar-refractivity contribution in [1.29, 1.82) is 0 Å². The second-order valence-corrected chi connectivity index (χ2v) is 17.1. The number of aliphatic hydroxyl groups excluding tert-OH is 1. The molecule has 0 rings (SSSR count). The molecule has 0 saturated carbocycles. The SMILES string of the molecule is CCCCCCCC/C=C/CC/C=C/C(O)C(COP(=O)(O)OCCN)NC(=O)CCCCCCCCCCCCCCCCCCCCCCCCC. The number of unbranched alkanes of at least 4 members (excludes halogenated alkanes) is 29. The molecule has 9 heteroatoms. The van der Waals surface area contributed by atoms with Gasteiger partial charge in [-0.1, -0.05) is 212 Å². The van der Waals surface area contributed by atoms with Crippen molar-refractivity contribution in [1.82, 2.24) is 5.32 Å². The van der Waals surface area contributed by atoms with E-state index in [1.165, 1.54) is 167 Å². The van der Waals surface area contributed by atoms with Gasteiger partial charge in [-0.3, -0.25) is 13.8 Å². The Labute approximate surface area is 334 Å². The van der Waals surface area contributed by atoms with E-state index in [2.05, 4.69) is 31.3 Å². The number of phosphoric ester groups is 1. The maximum atomic E-state index is 12.8. The summed E-state index contributed by atoms with van der Waals surface area (Å²) in [5, 5.41) is 13.6. The lowest BCUT2D eigenvalue weighted by Gasteiger charge is -2.23. The zero-order chi connectivity index (χ0) is 39.6. The van der Waals surface area contributed by atoms with Crippen LogP contribution in [0.3, 0.4) is 0 Å². The summed E-state index contributed by atoms with van der Waals surface area (Å²) in [4.78, 5) is 22.7. The number of amides is 1. The number of phosphoric acid groups is 1. The van der Waals surface area contributed by atoms with Crippen molar-refractivity contribution in [3.05, 3.63) is 24.3 Å². The predicted octanol–water partition coefficient (Wildman–Crippen LogP) is 12.9. The van der Waals surface area contributed by atoms with Crippen molar-refractivity contribution in [3.63, 3.8) is 0 Å². The van der Waals surface area contributed by atoms with Crippen molar-refractivity contribution in [3.8, 4) is 0 Å². The standard InChI is InChI=1S/C45H89N2O6P/c1-3-5-7-9-11-13-15-17-18-19-20-21-22-23-24-25-26-27-29-31-33-35-37-39-45(49)47-43(42-53-54(50,51)52-41-40-46)44(48)38-36-34-32-30-28-16-14-12-10-8-6-4-2/h28,30,36,38,43-44,48H,3-27,29,31-35,37,39-42,46H2,1-2H3,(H,47,49)(H,50,51)/b30-28+,38-36+. The van der Waals surface area contributed by atoms with Crippen molar-refractivity contribution in [2.75, 3.05) is 19.8 Å². The average Bonchev–Trinajstić information content (AvgIpc) is 3.16. The van der Waals surface area contributed by atoms with Crippen LogP contribution < -0.4 is 11.1 Å². The number of nitrogens with one attached hydrogen (secondary N) is 1. The largest absolute Gasteiger partial charge is 0.472 e. The Morgan fingerprint density at radius 3 is 1.43 bits per heavy atom. The molecule has 0 aliphatic heterocycles. The number of nitrogens with two attached hydrogens (primary N) is 1. The Balaban J connectivity index is 4.06. The van der Waals surface area contributed by atoms with E-state index in [9.17, 15) is 19.4 Å². The van der Waals surface area contributed by atoms with Crippen LogP contribution in [-0.2, 0) is 18.4 Å². The Kier molecular flexibility index (Phi) is 40.8. The zero-order valence-corrected chi connectivity index (χ0v) is 36.4. The first kappa shape index (κ1) is 53.0. The normalized spacial score (nSPS) is 14.2. The molecule has 0 aromatic heterocycles. The van der Waals surface area contributed by atoms with Crippen LogP contribution >= 0.6 is 7.82 Å². The monoisotopic (exact) mass is 785 g/mol. The van der Waals surface area contributed by atoms with Crippen molar-refractivity contribution < 1.29 is 28.4 Å². The summed E-state index contributed by atoms with van der Waals surface area (Å²) in [6.45, 7) is 4.12. The number of hydrogen-bond donors (Lipinski definition) is 4. The van der Waals surface area contributed by atoms with Crippen LogP contribution in [0, 0.1) is 0 Å². The van der Waals surface area contributed by atoms with Gasteiger partial charge in [-0.15, -0.1) is 0 Å². The van der Waals surface area contributed by atoms with E-state index < -0.39 is 20.0 Å². The molecule has 0 aromatic rings. The van der Waals surface area contributed by atoms with Crippen molar-refractivity contribution >= 4 is 13.7 Å². The Hall–Kier alpha value is -1.02. The summed E-state index contributed by atoms with van der Waals surface area (Å²) >= 11 is 0. The molecule has 1 amide bonds. The molecular weight excluding hydrogens is 695 g/mol. The minimum atomic E-state index is -4.34. The topological polar surface area (TPSA) is 131 Å². The third-order valence-electron chi connectivity index (χ3n) is 10.3. The second kappa shape index (κ2) is 41.6. The fraction of sp³-hybridized carbons (Fsp3) is 0.889. The van der Waals surface area contributed by atoms with Crippen molar-refractivity contribution in [2.24, 2.45) is 5.73 Å². The highest BCUT2D eigenvalue weighted by Gasteiger charge is 2.26. The highest BCUT2D eigenvalue weighted by molar-refractivity contribution is 7.47. The Morgan fingerprint density at radius 2 is 0.981 bits per heavy atom. The first-order valence-corrected chi connectivity index (χ1v) is 24.5. The summed E-state index contributed by atoms with van der Waals surface area (Å²) in [7, 11) is -4.34. The molecule has 0 saturated heterocycles. The van der Waals surface area contributed by atoms with Gasteiger partial charge in [0.15, 0.2) is 0 Å². The van der Waals surface area contributed by atoms with Crippen LogP contribution in [0.5, 0.6) is 0 Å². The quantitative estimate of drug-likeness (QED) is 0.0275. The lowest BCUT2D eigenvalue weighted by molar-refractivity contribution is -0.123. The van der Waals surface area contributed by atoms with Crippen LogP contribution in [0.2, 0.25) is 0 Å². The number of carbonyl (C=O) groups is 1. The summed E-state index contributed by atoms with van der Waals surface area (Å²) in [6, 6.07) is -0.872. The molecule has 5 N–H and O–H groups in total. The van der Waals surface area contributed by atoms with Crippen LogP contribution in [0.25, 0.3) is 0 Å². The van der Waals surface area contributed by atoms with Crippen LogP contribution in [-0.4, -0.2) is 47.8 Å². The highest BCUT2D eigenvalue weighted by Crippen LogP contribution is 2.43. The fourth-order valence-electron chi connectivity index (χ4n) is 6.80. The van der Waals surface area contributed by atoms with Gasteiger partial charge in [0.1, 0.15) is 0 Å². The van der Waals surface area contributed by atoms with Gasteiger partial charge in [-0.05, 0) is 32.1 Å². The molecule has 54 heavy (non-hydrogen) atoms. The predicted molar refractivity (Wildman–Crippen MR) is 231 cm³/mol. The molecule has 0 aromatic carbocycles. The molecule has 0 bridgehead atoms. The number of carbonyl (C=O) groups excluding carboxylic acids is 1. The van der Waals surface area contributed by atoms with Crippen LogP contribution in [0.1, 0.15) is 226 Å². The van der Waals surface area contributed by atoms with E-state index in [1.54, 1.807) is 6.08 Å². The number of rotatable bonds is 43. The van der Waals surface area contributed by atoms with E-state index in [0.717, 1.165) is 38.5 Å². The summed E-state index contributed by atoms with van der Waals surface area (Å²) in [6.07, 6.45) is 48.2. The van der Waals surface area contributed by atoms with Gasteiger partial charge in [0.05, 0.1) is 25.4 Å². The maximum absolute atomic E-state index is 12.8. The summed E-state index contributed by atoms with van der Waals surface area (Å²) < 4.78 is 22.1. The van der Waals surface area contributed by atoms with Gasteiger partial charge in [0.25, 0.3) is 0 Å². The van der Waals surface area contributed by atoms with E-state index in [1.807, 2.05) is 6.08 Å². The summed E-state index contributed by atoms with van der Waals surface area (Å²) in [5.74, 6) is -0.201. The number of allylic oxidation sites excluding steroid dienone is 3. The Bertz CT molecular complexity index is 901. The molecule has 0 spiro atoms. The van der Waals surface area contributed by atoms with Gasteiger partial charge in [-0.25, -0.2) is 4.57 Å². The van der Waals surface area contributed by atoms with Crippen LogP contribution in [0.15, 0.2) is 24.3 Å². The molecule has 0 radical (unpaired) electrons. The van der Waals surface area contributed by atoms with E-state index in [-0.39, 0.29) is 25.7 Å². The lowest BCUT2D eigenvalue weighted by Crippen LogP contribution is -2.45. The highest BCUT2D eigenvalue weighted by atomic mass is 31.2. The van der Waals surface area contributed by atoms with Gasteiger partial charge in [0, 0.05) is 13.0 Å². The fourth-order valence-corrected chi connectivity index (χ4v) is 7.56. The average molecular weight is 785 g/mol. The lowest BCUT2D eigenvalue weighted by atomic mass is 10.0. The maximum Gasteiger partial charge on any atom is 0.472 e. The minimum Gasteiger partial charge on any atom is -0.387 e. The molecule has 3 unspecified atom stereocenters.